The van der Waals surface area contributed by atoms with Crippen molar-refractivity contribution >= 4 is 5.69 Å². The Kier molecular flexibility index (Phi) is 6.20. The van der Waals surface area contributed by atoms with Crippen LogP contribution in [0.5, 0.6) is 0 Å². The highest BCUT2D eigenvalue weighted by molar-refractivity contribution is 5.52. The highest BCUT2D eigenvalue weighted by atomic mass is 15.1. The summed E-state index contributed by atoms with van der Waals surface area (Å²) in [4.78, 5) is 2.36. The average molecular weight is 248 g/mol. The molecule has 2 nitrogen and oxygen atoms in total. The Balaban J connectivity index is 2.66. The van der Waals surface area contributed by atoms with Crippen LogP contribution in [0.4, 0.5) is 5.69 Å². The van der Waals surface area contributed by atoms with Crippen molar-refractivity contribution in [2.75, 3.05) is 25.0 Å². The topological polar surface area (TPSA) is 15.3 Å². The number of nitrogens with one attached hydrogen (secondary N) is 1. The molecule has 0 aliphatic heterocycles. The molecule has 0 saturated heterocycles. The first-order valence-electron chi connectivity index (χ1n) is 7.06. The van der Waals surface area contributed by atoms with Crippen LogP contribution in [0.2, 0.25) is 0 Å². The largest absolute Gasteiger partial charge is 0.373 e. The molecule has 102 valence electrons. The van der Waals surface area contributed by atoms with Crippen LogP contribution in [0.3, 0.4) is 0 Å². The predicted octanol–water partition coefficient (Wildman–Crippen LogP) is 3.46. The fourth-order valence-electron chi connectivity index (χ4n) is 2.23. The Hall–Kier alpha value is -1.02. The number of hydrogen-bond acceptors (Lipinski definition) is 2. The normalized spacial score (nSPS) is 12.8. The van der Waals surface area contributed by atoms with Crippen molar-refractivity contribution in [1.29, 1.82) is 0 Å². The van der Waals surface area contributed by atoms with Gasteiger partial charge in [0.25, 0.3) is 0 Å². The standard InChI is InChI=1S/C16H28N2/c1-6-11-17-15(13(2)3)12-18(5)16-10-8-7-9-14(16)4/h7-10,13,15,17H,6,11-12H2,1-5H3. The van der Waals surface area contributed by atoms with Gasteiger partial charge < -0.3 is 10.2 Å². The third kappa shape index (κ3) is 4.34. The van der Waals surface area contributed by atoms with Gasteiger partial charge in [0.05, 0.1) is 0 Å². The van der Waals surface area contributed by atoms with Gasteiger partial charge in [-0.2, -0.15) is 0 Å². The second-order valence-electron chi connectivity index (χ2n) is 5.47. The van der Waals surface area contributed by atoms with E-state index in [0.29, 0.717) is 12.0 Å². The van der Waals surface area contributed by atoms with Crippen LogP contribution in [0.15, 0.2) is 24.3 Å². The van der Waals surface area contributed by atoms with Gasteiger partial charge in [-0.3, -0.25) is 0 Å². The van der Waals surface area contributed by atoms with E-state index in [1.54, 1.807) is 0 Å². The zero-order valence-corrected chi connectivity index (χ0v) is 12.5. The SMILES string of the molecule is CCCNC(CN(C)c1ccccc1C)C(C)C. The molecule has 1 unspecified atom stereocenters. The molecule has 1 atom stereocenters. The molecule has 0 fully saturated rings. The molecule has 0 spiro atoms. The van der Waals surface area contributed by atoms with Gasteiger partial charge in [-0.15, -0.1) is 0 Å². The summed E-state index contributed by atoms with van der Waals surface area (Å²) < 4.78 is 0. The number of likely N-dealkylation sites (N-methyl/N-ethyl adjacent to an activating group) is 1. The van der Waals surface area contributed by atoms with Crippen LogP contribution in [0.25, 0.3) is 0 Å². The zero-order valence-electron chi connectivity index (χ0n) is 12.5. The van der Waals surface area contributed by atoms with E-state index in [-0.39, 0.29) is 0 Å². The Morgan fingerprint density at radius 2 is 1.89 bits per heavy atom. The molecule has 0 saturated carbocycles. The highest BCUT2D eigenvalue weighted by Crippen LogP contribution is 2.18. The number of hydrogen-bond donors (Lipinski definition) is 1. The molecule has 18 heavy (non-hydrogen) atoms. The number of para-hydroxylation sites is 1. The Bertz CT molecular complexity index is 347. The van der Waals surface area contributed by atoms with Crippen molar-refractivity contribution in [1.82, 2.24) is 5.32 Å². The summed E-state index contributed by atoms with van der Waals surface area (Å²) in [5.74, 6) is 0.656. The molecule has 0 bridgehead atoms. The van der Waals surface area contributed by atoms with Crippen molar-refractivity contribution < 1.29 is 0 Å². The second-order valence-corrected chi connectivity index (χ2v) is 5.47. The quantitative estimate of drug-likeness (QED) is 0.795. The summed E-state index contributed by atoms with van der Waals surface area (Å²) in [6.45, 7) is 11.1. The molecule has 0 aliphatic carbocycles. The van der Waals surface area contributed by atoms with Crippen LogP contribution in [0.1, 0.15) is 32.8 Å². The van der Waals surface area contributed by atoms with Gasteiger partial charge in [0, 0.05) is 25.3 Å². The highest BCUT2D eigenvalue weighted by Gasteiger charge is 2.15. The van der Waals surface area contributed by atoms with Crippen LogP contribution >= 0.6 is 0 Å². The molecular weight excluding hydrogens is 220 g/mol. The lowest BCUT2D eigenvalue weighted by Crippen LogP contribution is -2.43. The monoisotopic (exact) mass is 248 g/mol. The number of anilines is 1. The van der Waals surface area contributed by atoms with Crippen LogP contribution in [0, 0.1) is 12.8 Å². The van der Waals surface area contributed by atoms with E-state index in [1.165, 1.54) is 17.7 Å². The van der Waals surface area contributed by atoms with Gasteiger partial charge in [0.1, 0.15) is 0 Å². The van der Waals surface area contributed by atoms with Crippen LogP contribution in [-0.2, 0) is 0 Å². The summed E-state index contributed by atoms with van der Waals surface area (Å²) >= 11 is 0. The fraction of sp³-hybridized carbons (Fsp3) is 0.625. The molecule has 1 aromatic rings. The lowest BCUT2D eigenvalue weighted by molar-refractivity contribution is 0.402. The van der Waals surface area contributed by atoms with Gasteiger partial charge in [-0.05, 0) is 37.4 Å². The van der Waals surface area contributed by atoms with Gasteiger partial charge in [-0.1, -0.05) is 39.0 Å². The lowest BCUT2D eigenvalue weighted by atomic mass is 10.0. The summed E-state index contributed by atoms with van der Waals surface area (Å²) in [6, 6.07) is 9.14. The number of aryl methyl sites for hydroxylation is 1. The lowest BCUT2D eigenvalue weighted by Gasteiger charge is -2.30. The number of benzene rings is 1. The Morgan fingerprint density at radius 3 is 2.44 bits per heavy atom. The van der Waals surface area contributed by atoms with Gasteiger partial charge in [-0.25, -0.2) is 0 Å². The first-order chi connectivity index (χ1) is 8.56. The third-order valence-electron chi connectivity index (χ3n) is 3.46. The van der Waals surface area contributed by atoms with E-state index in [9.17, 15) is 0 Å². The molecule has 1 aromatic carbocycles. The van der Waals surface area contributed by atoms with Gasteiger partial charge in [0.2, 0.25) is 0 Å². The van der Waals surface area contributed by atoms with Crippen LogP contribution in [-0.4, -0.2) is 26.2 Å². The maximum absolute atomic E-state index is 3.65. The molecule has 1 N–H and O–H groups in total. The minimum absolute atomic E-state index is 0.551. The predicted molar refractivity (Wildman–Crippen MR) is 81.4 cm³/mol. The maximum Gasteiger partial charge on any atom is 0.0393 e. The van der Waals surface area contributed by atoms with Crippen molar-refractivity contribution in [3.8, 4) is 0 Å². The number of nitrogens with zero attached hydrogens (tertiary/aromatic N) is 1. The molecular formula is C16H28N2. The zero-order chi connectivity index (χ0) is 13.5. The molecule has 0 heterocycles. The minimum atomic E-state index is 0.551. The van der Waals surface area contributed by atoms with E-state index in [4.69, 9.17) is 0 Å². The van der Waals surface area contributed by atoms with Crippen molar-refractivity contribution in [2.24, 2.45) is 5.92 Å². The second kappa shape index (κ2) is 7.42. The van der Waals surface area contributed by atoms with E-state index < -0.39 is 0 Å². The summed E-state index contributed by atoms with van der Waals surface area (Å²) in [5, 5.41) is 3.65. The van der Waals surface area contributed by atoms with Gasteiger partial charge in [0.15, 0.2) is 0 Å². The first kappa shape index (κ1) is 15.0. The Labute approximate surface area is 112 Å². The first-order valence-corrected chi connectivity index (χ1v) is 7.06. The van der Waals surface area contributed by atoms with Crippen molar-refractivity contribution in [3.05, 3.63) is 29.8 Å². The number of rotatable bonds is 7. The fourth-order valence-corrected chi connectivity index (χ4v) is 2.23. The summed E-state index contributed by atoms with van der Waals surface area (Å²) in [6.07, 6.45) is 1.19. The Morgan fingerprint density at radius 1 is 1.22 bits per heavy atom. The van der Waals surface area contributed by atoms with E-state index >= 15 is 0 Å². The van der Waals surface area contributed by atoms with Crippen molar-refractivity contribution in [3.63, 3.8) is 0 Å². The molecule has 0 radical (unpaired) electrons. The van der Waals surface area contributed by atoms with E-state index in [0.717, 1.165) is 13.1 Å². The molecule has 2 heteroatoms. The smallest absolute Gasteiger partial charge is 0.0393 e. The van der Waals surface area contributed by atoms with Gasteiger partial charge >= 0.3 is 0 Å². The summed E-state index contributed by atoms with van der Waals surface area (Å²) in [7, 11) is 2.19. The average Bonchev–Trinajstić information content (AvgIpc) is 2.34. The molecule has 0 aliphatic rings. The van der Waals surface area contributed by atoms with E-state index in [2.05, 4.69) is 69.2 Å². The van der Waals surface area contributed by atoms with Crippen LogP contribution < -0.4 is 10.2 Å². The summed E-state index contributed by atoms with van der Waals surface area (Å²) in [5.41, 5.74) is 2.68. The molecule has 1 rings (SSSR count). The van der Waals surface area contributed by atoms with E-state index in [1.807, 2.05) is 0 Å². The maximum atomic E-state index is 3.65. The third-order valence-corrected chi connectivity index (χ3v) is 3.46. The minimum Gasteiger partial charge on any atom is -0.373 e. The van der Waals surface area contributed by atoms with Crippen molar-refractivity contribution in [2.45, 2.75) is 40.2 Å². The molecule has 0 aromatic heterocycles. The molecule has 0 amide bonds.